The van der Waals surface area contributed by atoms with Gasteiger partial charge in [-0.2, -0.15) is 5.10 Å². The Morgan fingerprint density at radius 3 is 2.79 bits per heavy atom. The zero-order chi connectivity index (χ0) is 19.8. The standard InChI is InChI=1S/C22H20N6O/c1-2-20(29)26-13-18(14-26)28-9-8-19-22(28)21(24-15-23-19)17-10-25-27(12-17)11-16-6-4-3-5-7-16/h2-10,12,15,18H,1,11,13-14H2. The van der Waals surface area contributed by atoms with Crippen molar-refractivity contribution in [3.8, 4) is 11.3 Å². The quantitative estimate of drug-likeness (QED) is 0.496. The van der Waals surface area contributed by atoms with E-state index in [9.17, 15) is 4.79 Å². The number of fused-ring (bicyclic) bond motifs is 1. The van der Waals surface area contributed by atoms with Gasteiger partial charge in [0.05, 0.1) is 29.8 Å². The molecule has 5 rings (SSSR count). The van der Waals surface area contributed by atoms with Crippen LogP contribution >= 0.6 is 0 Å². The summed E-state index contributed by atoms with van der Waals surface area (Å²) >= 11 is 0. The van der Waals surface area contributed by atoms with Crippen molar-refractivity contribution in [2.24, 2.45) is 0 Å². The van der Waals surface area contributed by atoms with Crippen LogP contribution in [-0.4, -0.2) is 48.2 Å². The van der Waals surface area contributed by atoms with Crippen molar-refractivity contribution in [3.63, 3.8) is 0 Å². The first kappa shape index (κ1) is 17.4. The average molecular weight is 384 g/mol. The van der Waals surface area contributed by atoms with Gasteiger partial charge >= 0.3 is 0 Å². The Kier molecular flexibility index (Phi) is 4.20. The Morgan fingerprint density at radius 2 is 2.00 bits per heavy atom. The highest BCUT2D eigenvalue weighted by molar-refractivity contribution is 5.90. The lowest BCUT2D eigenvalue weighted by Crippen LogP contribution is -2.49. The summed E-state index contributed by atoms with van der Waals surface area (Å²) in [6, 6.07) is 12.4. The summed E-state index contributed by atoms with van der Waals surface area (Å²) in [6.45, 7) is 5.59. The molecule has 7 heteroatoms. The van der Waals surface area contributed by atoms with E-state index in [0.29, 0.717) is 19.6 Å². The molecule has 0 radical (unpaired) electrons. The Hall–Kier alpha value is -3.74. The summed E-state index contributed by atoms with van der Waals surface area (Å²) in [4.78, 5) is 22.5. The minimum absolute atomic E-state index is 0.0311. The van der Waals surface area contributed by atoms with Crippen molar-refractivity contribution in [2.45, 2.75) is 12.6 Å². The van der Waals surface area contributed by atoms with Crippen LogP contribution in [0.4, 0.5) is 0 Å². The van der Waals surface area contributed by atoms with Gasteiger partial charge < -0.3 is 9.47 Å². The fourth-order valence-corrected chi connectivity index (χ4v) is 3.79. The van der Waals surface area contributed by atoms with Crippen LogP contribution in [-0.2, 0) is 11.3 Å². The number of likely N-dealkylation sites (tertiary alicyclic amines) is 1. The Bertz CT molecular complexity index is 1190. The van der Waals surface area contributed by atoms with E-state index in [4.69, 9.17) is 0 Å². The Morgan fingerprint density at radius 1 is 1.17 bits per heavy atom. The highest BCUT2D eigenvalue weighted by Crippen LogP contribution is 2.31. The van der Waals surface area contributed by atoms with E-state index in [1.54, 1.807) is 11.2 Å². The van der Waals surface area contributed by atoms with Crippen LogP contribution in [0.1, 0.15) is 11.6 Å². The van der Waals surface area contributed by atoms with Crippen molar-refractivity contribution < 1.29 is 4.79 Å². The first-order valence-electron chi connectivity index (χ1n) is 9.52. The molecule has 7 nitrogen and oxygen atoms in total. The summed E-state index contributed by atoms with van der Waals surface area (Å²) in [5, 5.41) is 4.52. The largest absolute Gasteiger partial charge is 0.338 e. The molecule has 4 aromatic rings. The number of nitrogens with zero attached hydrogens (tertiary/aromatic N) is 6. The molecule has 0 unspecified atom stereocenters. The molecule has 29 heavy (non-hydrogen) atoms. The number of rotatable bonds is 5. The van der Waals surface area contributed by atoms with Crippen LogP contribution in [0.3, 0.4) is 0 Å². The fourth-order valence-electron chi connectivity index (χ4n) is 3.79. The smallest absolute Gasteiger partial charge is 0.246 e. The molecule has 0 atom stereocenters. The first-order chi connectivity index (χ1) is 14.2. The number of aromatic nitrogens is 5. The third-order valence-electron chi connectivity index (χ3n) is 5.34. The number of amides is 1. The molecular weight excluding hydrogens is 364 g/mol. The van der Waals surface area contributed by atoms with Crippen LogP contribution in [0.5, 0.6) is 0 Å². The van der Waals surface area contributed by atoms with Crippen LogP contribution in [0.2, 0.25) is 0 Å². The molecule has 1 aliphatic rings. The predicted octanol–water partition coefficient (Wildman–Crippen LogP) is 2.91. The van der Waals surface area contributed by atoms with Gasteiger partial charge in [-0.1, -0.05) is 36.9 Å². The third kappa shape index (κ3) is 3.10. The van der Waals surface area contributed by atoms with Gasteiger partial charge in [0.25, 0.3) is 0 Å². The molecule has 0 aliphatic carbocycles. The molecule has 1 saturated heterocycles. The SMILES string of the molecule is C=CC(=O)N1CC(n2ccc3ncnc(-c4cnn(Cc5ccccc5)c4)c32)C1. The van der Waals surface area contributed by atoms with Gasteiger partial charge in [-0.25, -0.2) is 9.97 Å². The maximum Gasteiger partial charge on any atom is 0.246 e. The molecule has 4 heterocycles. The van der Waals surface area contributed by atoms with Crippen molar-refractivity contribution in [2.75, 3.05) is 13.1 Å². The van der Waals surface area contributed by atoms with E-state index in [-0.39, 0.29) is 11.9 Å². The molecule has 0 saturated carbocycles. The minimum atomic E-state index is -0.0311. The fraction of sp³-hybridized carbons (Fsp3) is 0.182. The Labute approximate surface area is 167 Å². The second-order valence-corrected chi connectivity index (χ2v) is 7.19. The van der Waals surface area contributed by atoms with E-state index < -0.39 is 0 Å². The summed E-state index contributed by atoms with van der Waals surface area (Å²) in [6.07, 6.45) is 8.83. The Balaban J connectivity index is 1.46. The first-order valence-corrected chi connectivity index (χ1v) is 9.52. The van der Waals surface area contributed by atoms with Crippen LogP contribution in [0.25, 0.3) is 22.3 Å². The lowest BCUT2D eigenvalue weighted by Gasteiger charge is -2.39. The third-order valence-corrected chi connectivity index (χ3v) is 5.34. The zero-order valence-electron chi connectivity index (χ0n) is 15.8. The molecule has 1 aromatic carbocycles. The molecular formula is C22H20N6O. The van der Waals surface area contributed by atoms with E-state index in [1.807, 2.05) is 47.5 Å². The summed E-state index contributed by atoms with van der Waals surface area (Å²) in [5.74, 6) is -0.0311. The molecule has 0 N–H and O–H groups in total. The van der Waals surface area contributed by atoms with E-state index in [2.05, 4.69) is 38.3 Å². The monoisotopic (exact) mass is 384 g/mol. The van der Waals surface area contributed by atoms with E-state index in [0.717, 1.165) is 22.3 Å². The molecule has 1 fully saturated rings. The number of benzene rings is 1. The highest BCUT2D eigenvalue weighted by Gasteiger charge is 2.32. The van der Waals surface area contributed by atoms with Crippen molar-refractivity contribution in [1.29, 1.82) is 0 Å². The normalized spacial score (nSPS) is 14.1. The summed E-state index contributed by atoms with van der Waals surface area (Å²) < 4.78 is 4.09. The predicted molar refractivity (Wildman–Crippen MR) is 110 cm³/mol. The van der Waals surface area contributed by atoms with Crippen molar-refractivity contribution in [1.82, 2.24) is 29.2 Å². The molecule has 3 aromatic heterocycles. The lowest BCUT2D eigenvalue weighted by atomic mass is 10.1. The van der Waals surface area contributed by atoms with Crippen molar-refractivity contribution >= 4 is 16.9 Å². The molecule has 0 spiro atoms. The maximum atomic E-state index is 11.8. The lowest BCUT2D eigenvalue weighted by molar-refractivity contribution is -0.131. The van der Waals surface area contributed by atoms with Crippen LogP contribution < -0.4 is 0 Å². The molecule has 1 aliphatic heterocycles. The highest BCUT2D eigenvalue weighted by atomic mass is 16.2. The number of hydrogen-bond donors (Lipinski definition) is 0. The number of carbonyl (C=O) groups excluding carboxylic acids is 1. The van der Waals surface area contributed by atoms with Gasteiger partial charge in [-0.05, 0) is 17.7 Å². The summed E-state index contributed by atoms with van der Waals surface area (Å²) in [5.41, 5.74) is 4.86. The second-order valence-electron chi connectivity index (χ2n) is 7.19. The zero-order valence-corrected chi connectivity index (χ0v) is 15.8. The second kappa shape index (κ2) is 7.01. The van der Waals surface area contributed by atoms with Gasteiger partial charge in [0.15, 0.2) is 0 Å². The van der Waals surface area contributed by atoms with Gasteiger partial charge in [-0.15, -0.1) is 0 Å². The van der Waals surface area contributed by atoms with E-state index >= 15 is 0 Å². The van der Waals surface area contributed by atoms with Gasteiger partial charge in [-0.3, -0.25) is 9.48 Å². The van der Waals surface area contributed by atoms with Gasteiger partial charge in [0.1, 0.15) is 12.0 Å². The maximum absolute atomic E-state index is 11.8. The van der Waals surface area contributed by atoms with E-state index in [1.165, 1.54) is 11.6 Å². The molecule has 144 valence electrons. The summed E-state index contributed by atoms with van der Waals surface area (Å²) in [7, 11) is 0. The topological polar surface area (TPSA) is 68.8 Å². The average Bonchev–Trinajstić information content (AvgIpc) is 3.35. The van der Waals surface area contributed by atoms with Crippen LogP contribution in [0.15, 0.2) is 74.0 Å². The molecule has 0 bridgehead atoms. The minimum Gasteiger partial charge on any atom is -0.338 e. The van der Waals surface area contributed by atoms with Crippen molar-refractivity contribution in [3.05, 3.63) is 79.5 Å². The van der Waals surface area contributed by atoms with Crippen LogP contribution in [0, 0.1) is 0 Å². The molecule has 1 amide bonds. The number of hydrogen-bond acceptors (Lipinski definition) is 4. The number of carbonyl (C=O) groups is 1. The van der Waals surface area contributed by atoms with Gasteiger partial charge in [0, 0.05) is 31.0 Å². The van der Waals surface area contributed by atoms with Gasteiger partial charge in [0.2, 0.25) is 5.91 Å².